The molecule has 0 unspecified atom stereocenters. The summed E-state index contributed by atoms with van der Waals surface area (Å²) in [5, 5.41) is 0. The van der Waals surface area contributed by atoms with Gasteiger partial charge in [-0.1, -0.05) is 54.6 Å². The molecule has 0 radical (unpaired) electrons. The molecule has 0 aliphatic heterocycles. The van der Waals surface area contributed by atoms with Gasteiger partial charge in [-0.15, -0.1) is 0 Å². The van der Waals surface area contributed by atoms with Crippen molar-refractivity contribution in [2.24, 2.45) is 0 Å². The van der Waals surface area contributed by atoms with E-state index < -0.39 is 0 Å². The van der Waals surface area contributed by atoms with Gasteiger partial charge in [0, 0.05) is 0 Å². The lowest BCUT2D eigenvalue weighted by atomic mass is 10.0. The Morgan fingerprint density at radius 2 is 1.62 bits per heavy atom. The van der Waals surface area contributed by atoms with Gasteiger partial charge >= 0.3 is 0 Å². The SMILES string of the molecule is COc1ccc(C2=C(/C=C/c3ccccc3)CCC2)cc1. The number of rotatable bonds is 4. The third-order valence-electron chi connectivity index (χ3n) is 3.98. The normalized spacial score (nSPS) is 14.9. The fourth-order valence-corrected chi connectivity index (χ4v) is 2.83. The molecule has 106 valence electrons. The van der Waals surface area contributed by atoms with Gasteiger partial charge in [0.05, 0.1) is 7.11 Å². The molecule has 0 atom stereocenters. The van der Waals surface area contributed by atoms with Crippen LogP contribution in [0.2, 0.25) is 0 Å². The molecule has 0 saturated heterocycles. The number of benzene rings is 2. The highest BCUT2D eigenvalue weighted by atomic mass is 16.5. The fourth-order valence-electron chi connectivity index (χ4n) is 2.83. The molecule has 0 saturated carbocycles. The molecular formula is C20H20O. The van der Waals surface area contributed by atoms with Crippen molar-refractivity contribution in [1.29, 1.82) is 0 Å². The Morgan fingerprint density at radius 1 is 0.857 bits per heavy atom. The second-order valence-electron chi connectivity index (χ2n) is 5.33. The third-order valence-corrected chi connectivity index (χ3v) is 3.98. The zero-order valence-corrected chi connectivity index (χ0v) is 12.4. The average molecular weight is 276 g/mol. The Morgan fingerprint density at radius 3 is 2.33 bits per heavy atom. The van der Waals surface area contributed by atoms with Crippen LogP contribution < -0.4 is 4.74 Å². The topological polar surface area (TPSA) is 9.23 Å². The lowest BCUT2D eigenvalue weighted by Gasteiger charge is -2.06. The van der Waals surface area contributed by atoms with Gasteiger partial charge in [0.1, 0.15) is 5.75 Å². The Hall–Kier alpha value is -2.28. The molecule has 0 spiro atoms. The van der Waals surface area contributed by atoms with Gasteiger partial charge in [0.15, 0.2) is 0 Å². The highest BCUT2D eigenvalue weighted by Gasteiger charge is 2.14. The molecule has 1 heteroatoms. The summed E-state index contributed by atoms with van der Waals surface area (Å²) in [5.74, 6) is 0.915. The van der Waals surface area contributed by atoms with Crippen molar-refractivity contribution in [3.05, 3.63) is 77.4 Å². The van der Waals surface area contributed by atoms with Gasteiger partial charge in [-0.2, -0.15) is 0 Å². The molecule has 0 fully saturated rings. The maximum Gasteiger partial charge on any atom is 0.118 e. The monoisotopic (exact) mass is 276 g/mol. The number of methoxy groups -OCH3 is 1. The minimum absolute atomic E-state index is 0.915. The van der Waals surface area contributed by atoms with Gasteiger partial charge < -0.3 is 4.74 Å². The minimum Gasteiger partial charge on any atom is -0.497 e. The van der Waals surface area contributed by atoms with E-state index in [1.54, 1.807) is 7.11 Å². The van der Waals surface area contributed by atoms with Gasteiger partial charge in [-0.3, -0.25) is 0 Å². The lowest BCUT2D eigenvalue weighted by Crippen LogP contribution is -1.86. The summed E-state index contributed by atoms with van der Waals surface area (Å²) in [6.07, 6.45) is 8.08. The van der Waals surface area contributed by atoms with Crippen molar-refractivity contribution in [3.8, 4) is 5.75 Å². The zero-order chi connectivity index (χ0) is 14.5. The minimum atomic E-state index is 0.915. The zero-order valence-electron chi connectivity index (χ0n) is 12.4. The van der Waals surface area contributed by atoms with Gasteiger partial charge in [0.25, 0.3) is 0 Å². The average Bonchev–Trinajstić information content (AvgIpc) is 3.02. The van der Waals surface area contributed by atoms with E-state index in [2.05, 4.69) is 54.6 Å². The van der Waals surface area contributed by atoms with E-state index in [0.29, 0.717) is 0 Å². The highest BCUT2D eigenvalue weighted by Crippen LogP contribution is 2.35. The maximum atomic E-state index is 5.23. The molecule has 0 N–H and O–H groups in total. The highest BCUT2D eigenvalue weighted by molar-refractivity contribution is 5.75. The van der Waals surface area contributed by atoms with Crippen LogP contribution in [0.3, 0.4) is 0 Å². The number of hydrogen-bond donors (Lipinski definition) is 0. The molecule has 2 aromatic carbocycles. The molecule has 21 heavy (non-hydrogen) atoms. The van der Waals surface area contributed by atoms with Crippen molar-refractivity contribution in [2.75, 3.05) is 7.11 Å². The summed E-state index contributed by atoms with van der Waals surface area (Å²) in [7, 11) is 1.71. The fraction of sp³-hybridized carbons (Fsp3) is 0.200. The first-order valence-electron chi connectivity index (χ1n) is 7.46. The second kappa shape index (κ2) is 6.45. The maximum absolute atomic E-state index is 5.23. The van der Waals surface area contributed by atoms with E-state index in [-0.39, 0.29) is 0 Å². The first-order chi connectivity index (χ1) is 10.4. The van der Waals surface area contributed by atoms with Crippen LogP contribution in [0.4, 0.5) is 0 Å². The Balaban J connectivity index is 1.86. The molecular weight excluding hydrogens is 256 g/mol. The first-order valence-corrected chi connectivity index (χ1v) is 7.46. The molecule has 2 aromatic rings. The third kappa shape index (κ3) is 3.25. The van der Waals surface area contributed by atoms with Crippen LogP contribution in [0.5, 0.6) is 5.75 Å². The van der Waals surface area contributed by atoms with E-state index in [1.165, 1.54) is 41.5 Å². The van der Waals surface area contributed by atoms with Gasteiger partial charge in [-0.25, -0.2) is 0 Å². The summed E-state index contributed by atoms with van der Waals surface area (Å²) in [6, 6.07) is 18.9. The van der Waals surface area contributed by atoms with Crippen molar-refractivity contribution in [3.63, 3.8) is 0 Å². The number of hydrogen-bond acceptors (Lipinski definition) is 1. The van der Waals surface area contributed by atoms with Crippen LogP contribution in [0.25, 0.3) is 11.6 Å². The summed E-state index contributed by atoms with van der Waals surface area (Å²) in [5.41, 5.74) is 5.51. The molecule has 1 nitrogen and oxygen atoms in total. The standard InChI is InChI=1S/C20H20O/c1-21-19-14-12-18(13-15-19)20-9-5-8-17(20)11-10-16-6-3-2-4-7-16/h2-4,6-7,10-15H,5,8-9H2,1H3/b11-10+. The van der Waals surface area contributed by atoms with E-state index in [9.17, 15) is 0 Å². The van der Waals surface area contributed by atoms with E-state index >= 15 is 0 Å². The summed E-state index contributed by atoms with van der Waals surface area (Å²) in [4.78, 5) is 0. The van der Waals surface area contributed by atoms with E-state index in [1.807, 2.05) is 12.1 Å². The van der Waals surface area contributed by atoms with Crippen molar-refractivity contribution in [2.45, 2.75) is 19.3 Å². The summed E-state index contributed by atoms with van der Waals surface area (Å²) >= 11 is 0. The van der Waals surface area contributed by atoms with Crippen molar-refractivity contribution < 1.29 is 4.74 Å². The molecule has 0 amide bonds. The Labute approximate surface area is 126 Å². The molecule has 0 aromatic heterocycles. The van der Waals surface area contributed by atoms with Gasteiger partial charge in [-0.05, 0) is 53.7 Å². The van der Waals surface area contributed by atoms with E-state index in [4.69, 9.17) is 4.74 Å². The largest absolute Gasteiger partial charge is 0.497 e. The Kier molecular flexibility index (Phi) is 4.20. The molecule has 1 aliphatic rings. The predicted octanol–water partition coefficient (Wildman–Crippen LogP) is 5.35. The van der Waals surface area contributed by atoms with Crippen LogP contribution in [-0.2, 0) is 0 Å². The second-order valence-corrected chi connectivity index (χ2v) is 5.33. The molecule has 1 aliphatic carbocycles. The van der Waals surface area contributed by atoms with Crippen LogP contribution in [0.1, 0.15) is 30.4 Å². The predicted molar refractivity (Wildman–Crippen MR) is 89.2 cm³/mol. The first kappa shape index (κ1) is 13.7. The van der Waals surface area contributed by atoms with Crippen molar-refractivity contribution >= 4 is 11.6 Å². The quantitative estimate of drug-likeness (QED) is 0.731. The lowest BCUT2D eigenvalue weighted by molar-refractivity contribution is 0.415. The molecule has 0 bridgehead atoms. The number of allylic oxidation sites excluding steroid dienone is 3. The molecule has 3 rings (SSSR count). The summed E-state index contributed by atoms with van der Waals surface area (Å²) in [6.45, 7) is 0. The van der Waals surface area contributed by atoms with Crippen LogP contribution in [0.15, 0.2) is 66.2 Å². The smallest absolute Gasteiger partial charge is 0.118 e. The van der Waals surface area contributed by atoms with Crippen LogP contribution in [-0.4, -0.2) is 7.11 Å². The van der Waals surface area contributed by atoms with Gasteiger partial charge in [0.2, 0.25) is 0 Å². The number of ether oxygens (including phenoxy) is 1. The van der Waals surface area contributed by atoms with Crippen LogP contribution in [0, 0.1) is 0 Å². The molecule has 0 heterocycles. The van der Waals surface area contributed by atoms with Crippen LogP contribution >= 0.6 is 0 Å². The van der Waals surface area contributed by atoms with E-state index in [0.717, 1.165) is 5.75 Å². The van der Waals surface area contributed by atoms with Crippen molar-refractivity contribution in [1.82, 2.24) is 0 Å². The Bertz CT molecular complexity index is 648. The summed E-state index contributed by atoms with van der Waals surface area (Å²) < 4.78 is 5.23.